The van der Waals surface area contributed by atoms with Crippen molar-refractivity contribution >= 4 is 21.8 Å². The zero-order valence-electron chi connectivity index (χ0n) is 14.7. The molecule has 0 amide bonds. The lowest BCUT2D eigenvalue weighted by Gasteiger charge is -2.23. The van der Waals surface area contributed by atoms with Crippen LogP contribution in [-0.4, -0.2) is 40.3 Å². The van der Waals surface area contributed by atoms with Crippen molar-refractivity contribution < 1.29 is 13.9 Å². The lowest BCUT2D eigenvalue weighted by Crippen LogP contribution is -2.35. The van der Waals surface area contributed by atoms with Gasteiger partial charge in [-0.05, 0) is 55.9 Å². The first-order valence-electron chi connectivity index (χ1n) is 8.81. The molecule has 0 bridgehead atoms. The number of benzene rings is 2. The molecule has 25 heavy (non-hydrogen) atoms. The molecule has 0 saturated heterocycles. The van der Waals surface area contributed by atoms with Gasteiger partial charge in [0.25, 0.3) is 0 Å². The van der Waals surface area contributed by atoms with Crippen LogP contribution in [0.1, 0.15) is 20.3 Å². The van der Waals surface area contributed by atoms with Gasteiger partial charge in [0, 0.05) is 22.8 Å². The summed E-state index contributed by atoms with van der Waals surface area (Å²) in [4.78, 5) is 2.19. The fourth-order valence-electron chi connectivity index (χ4n) is 3.50. The number of halogens is 2. The highest BCUT2D eigenvalue weighted by Gasteiger charge is 2.16. The summed E-state index contributed by atoms with van der Waals surface area (Å²) in [6, 6.07) is 9.06. The number of hydrogen-bond acceptors (Lipinski definition) is 2. The molecule has 0 aliphatic rings. The van der Waals surface area contributed by atoms with Crippen molar-refractivity contribution in [1.29, 1.82) is 0 Å². The van der Waals surface area contributed by atoms with Crippen LogP contribution in [0.15, 0.2) is 36.4 Å². The van der Waals surface area contributed by atoms with E-state index in [9.17, 15) is 13.9 Å². The van der Waals surface area contributed by atoms with Gasteiger partial charge in [-0.15, -0.1) is 0 Å². The van der Waals surface area contributed by atoms with Crippen LogP contribution in [0.5, 0.6) is 0 Å². The molecule has 0 saturated carbocycles. The van der Waals surface area contributed by atoms with Gasteiger partial charge in [-0.3, -0.25) is 0 Å². The minimum Gasteiger partial charge on any atom is -0.390 e. The van der Waals surface area contributed by atoms with Gasteiger partial charge in [0.15, 0.2) is 0 Å². The topological polar surface area (TPSA) is 28.4 Å². The molecule has 1 N–H and O–H groups in total. The second kappa shape index (κ2) is 7.50. The van der Waals surface area contributed by atoms with Crippen LogP contribution >= 0.6 is 0 Å². The average Bonchev–Trinajstić information content (AvgIpc) is 2.87. The first-order chi connectivity index (χ1) is 12.0. The molecule has 3 aromatic rings. The normalized spacial score (nSPS) is 13.2. The van der Waals surface area contributed by atoms with E-state index in [-0.39, 0.29) is 11.6 Å². The zero-order chi connectivity index (χ0) is 18.0. The van der Waals surface area contributed by atoms with Crippen LogP contribution in [0.25, 0.3) is 21.8 Å². The summed E-state index contributed by atoms with van der Waals surface area (Å²) in [6.07, 6.45) is 0.444. The monoisotopic (exact) mass is 346 g/mol. The van der Waals surface area contributed by atoms with Crippen molar-refractivity contribution in [2.45, 2.75) is 32.9 Å². The second-order valence-corrected chi connectivity index (χ2v) is 6.48. The fourth-order valence-corrected chi connectivity index (χ4v) is 3.50. The first-order valence-corrected chi connectivity index (χ1v) is 8.81. The fraction of sp³-hybridized carbons (Fsp3) is 0.400. The summed E-state index contributed by atoms with van der Waals surface area (Å²) >= 11 is 0. The molecule has 0 spiro atoms. The highest BCUT2D eigenvalue weighted by molar-refractivity contribution is 6.08. The SMILES string of the molecule is CCCN(CC)CC(O)Cn1c2ccc(F)cc2c2ccc(F)cc21. The Labute approximate surface area is 146 Å². The van der Waals surface area contributed by atoms with Crippen molar-refractivity contribution in [2.24, 2.45) is 0 Å². The van der Waals surface area contributed by atoms with Gasteiger partial charge in [-0.1, -0.05) is 13.8 Å². The smallest absolute Gasteiger partial charge is 0.125 e. The van der Waals surface area contributed by atoms with Crippen LogP contribution < -0.4 is 0 Å². The van der Waals surface area contributed by atoms with Crippen molar-refractivity contribution in [1.82, 2.24) is 9.47 Å². The summed E-state index contributed by atoms with van der Waals surface area (Å²) < 4.78 is 29.3. The average molecular weight is 346 g/mol. The number of fused-ring (bicyclic) bond motifs is 3. The molecule has 1 aromatic heterocycles. The van der Waals surface area contributed by atoms with Crippen LogP contribution in [-0.2, 0) is 6.54 Å². The Hall–Kier alpha value is -1.98. The number of rotatable bonds is 7. The molecular formula is C20H24F2N2O. The second-order valence-electron chi connectivity index (χ2n) is 6.48. The van der Waals surface area contributed by atoms with E-state index in [2.05, 4.69) is 18.7 Å². The Morgan fingerprint density at radius 1 is 1.00 bits per heavy atom. The Kier molecular flexibility index (Phi) is 5.35. The standard InChI is InChI=1S/C20H24F2N2O/c1-3-9-23(4-2)12-16(25)13-24-19-8-6-14(21)10-18(19)17-7-5-15(22)11-20(17)24/h5-8,10-11,16,25H,3-4,9,12-13H2,1-2H3. The maximum absolute atomic E-state index is 13.8. The number of nitrogens with zero attached hydrogens (tertiary/aromatic N) is 2. The maximum atomic E-state index is 13.8. The Bertz CT molecular complexity index is 875. The molecule has 134 valence electrons. The molecular weight excluding hydrogens is 322 g/mol. The van der Waals surface area contributed by atoms with Gasteiger partial charge in [0.1, 0.15) is 11.6 Å². The van der Waals surface area contributed by atoms with Crippen LogP contribution in [0.4, 0.5) is 8.78 Å². The van der Waals surface area contributed by atoms with Gasteiger partial charge in [-0.25, -0.2) is 8.78 Å². The molecule has 1 heterocycles. The third-order valence-electron chi connectivity index (χ3n) is 4.64. The molecule has 2 aromatic carbocycles. The molecule has 5 heteroatoms. The van der Waals surface area contributed by atoms with E-state index in [0.29, 0.717) is 18.6 Å². The van der Waals surface area contributed by atoms with Crippen LogP contribution in [0.2, 0.25) is 0 Å². The van der Waals surface area contributed by atoms with Crippen molar-refractivity contribution in [3.63, 3.8) is 0 Å². The summed E-state index contributed by atoms with van der Waals surface area (Å²) in [5.74, 6) is -0.663. The summed E-state index contributed by atoms with van der Waals surface area (Å²) in [7, 11) is 0. The van der Waals surface area contributed by atoms with E-state index in [1.807, 2.05) is 4.57 Å². The molecule has 1 unspecified atom stereocenters. The minimum absolute atomic E-state index is 0.323. The predicted octanol–water partition coefficient (Wildman–Crippen LogP) is 4.17. The van der Waals surface area contributed by atoms with E-state index >= 15 is 0 Å². The first kappa shape index (κ1) is 17.8. The number of aromatic nitrogens is 1. The van der Waals surface area contributed by atoms with Crippen LogP contribution in [0.3, 0.4) is 0 Å². The third-order valence-corrected chi connectivity index (χ3v) is 4.64. The van der Waals surface area contributed by atoms with E-state index in [4.69, 9.17) is 0 Å². The molecule has 1 atom stereocenters. The number of aliphatic hydroxyl groups excluding tert-OH is 1. The van der Waals surface area contributed by atoms with E-state index in [1.165, 1.54) is 24.3 Å². The molecule has 3 nitrogen and oxygen atoms in total. The van der Waals surface area contributed by atoms with Gasteiger partial charge >= 0.3 is 0 Å². The largest absolute Gasteiger partial charge is 0.390 e. The molecule has 3 rings (SSSR count). The number of aliphatic hydroxyl groups is 1. The van der Waals surface area contributed by atoms with E-state index in [1.54, 1.807) is 12.1 Å². The summed E-state index contributed by atoms with van der Waals surface area (Å²) in [5, 5.41) is 12.1. The van der Waals surface area contributed by atoms with Crippen molar-refractivity contribution in [3.8, 4) is 0 Å². The Balaban J connectivity index is 2.00. The molecule has 0 aliphatic heterocycles. The van der Waals surface area contributed by atoms with Crippen LogP contribution in [0, 0.1) is 11.6 Å². The van der Waals surface area contributed by atoms with Gasteiger partial charge in [0.2, 0.25) is 0 Å². The van der Waals surface area contributed by atoms with Crippen molar-refractivity contribution in [2.75, 3.05) is 19.6 Å². The van der Waals surface area contributed by atoms with Gasteiger partial charge < -0.3 is 14.6 Å². The highest BCUT2D eigenvalue weighted by atomic mass is 19.1. The third kappa shape index (κ3) is 3.67. The molecule has 0 radical (unpaired) electrons. The lowest BCUT2D eigenvalue weighted by molar-refractivity contribution is 0.102. The van der Waals surface area contributed by atoms with Gasteiger partial charge in [0.05, 0.1) is 18.2 Å². The van der Waals surface area contributed by atoms with Gasteiger partial charge in [-0.2, -0.15) is 0 Å². The molecule has 0 aliphatic carbocycles. The Morgan fingerprint density at radius 2 is 1.72 bits per heavy atom. The summed E-state index contributed by atoms with van der Waals surface area (Å²) in [6.45, 7) is 6.89. The number of hydrogen-bond donors (Lipinski definition) is 1. The lowest BCUT2D eigenvalue weighted by atomic mass is 10.1. The maximum Gasteiger partial charge on any atom is 0.125 e. The summed E-state index contributed by atoms with van der Waals surface area (Å²) in [5.41, 5.74) is 1.48. The van der Waals surface area contributed by atoms with E-state index in [0.717, 1.165) is 35.8 Å². The zero-order valence-corrected chi connectivity index (χ0v) is 14.7. The molecule has 0 fully saturated rings. The quantitative estimate of drug-likeness (QED) is 0.696. The highest BCUT2D eigenvalue weighted by Crippen LogP contribution is 2.30. The van der Waals surface area contributed by atoms with E-state index < -0.39 is 6.10 Å². The minimum atomic E-state index is -0.585. The number of likely N-dealkylation sites (N-methyl/N-ethyl adjacent to an activating group) is 1. The predicted molar refractivity (Wildman–Crippen MR) is 97.8 cm³/mol. The Morgan fingerprint density at radius 3 is 2.44 bits per heavy atom. The van der Waals surface area contributed by atoms with Crippen molar-refractivity contribution in [3.05, 3.63) is 48.0 Å².